The second-order valence-electron chi connectivity index (χ2n) is 4.49. The number of ether oxygens (including phenoxy) is 1. The van der Waals surface area contributed by atoms with E-state index in [1.54, 1.807) is 6.07 Å². The van der Waals surface area contributed by atoms with Crippen LogP contribution in [0.5, 0.6) is 0 Å². The molecule has 0 aromatic carbocycles. The van der Waals surface area contributed by atoms with Gasteiger partial charge in [0, 0.05) is 6.04 Å². The lowest BCUT2D eigenvalue weighted by molar-refractivity contribution is 0.0599. The first-order chi connectivity index (χ1) is 8.70. The minimum atomic E-state index is -0.339. The Morgan fingerprint density at radius 1 is 1.44 bits per heavy atom. The molecule has 1 aromatic rings. The third kappa shape index (κ3) is 2.98. The van der Waals surface area contributed by atoms with E-state index in [9.17, 15) is 4.79 Å². The Morgan fingerprint density at radius 3 is 2.78 bits per heavy atom. The summed E-state index contributed by atoms with van der Waals surface area (Å²) in [6.45, 7) is 3.90. The van der Waals surface area contributed by atoms with Crippen molar-refractivity contribution in [2.75, 3.05) is 25.5 Å². The summed E-state index contributed by atoms with van der Waals surface area (Å²) in [5.74, 6) is 0.487. The van der Waals surface area contributed by atoms with Gasteiger partial charge in [0.05, 0.1) is 18.4 Å². The standard InChI is InChI=1S/C13H19N3O2/c1-9-11(13(17)18-2)3-4-12(15-9)16-10-5-7-14-8-6-10/h3-4,10,14H,5-8H2,1-2H3,(H,15,16). The number of nitrogens with one attached hydrogen (secondary N) is 2. The first-order valence-electron chi connectivity index (χ1n) is 6.24. The molecule has 5 nitrogen and oxygen atoms in total. The largest absolute Gasteiger partial charge is 0.465 e. The molecular formula is C13H19N3O2. The predicted molar refractivity (Wildman–Crippen MR) is 69.8 cm³/mol. The van der Waals surface area contributed by atoms with Crippen LogP contribution in [0.2, 0.25) is 0 Å². The van der Waals surface area contributed by atoms with Crippen LogP contribution < -0.4 is 10.6 Å². The van der Waals surface area contributed by atoms with E-state index in [1.807, 2.05) is 13.0 Å². The number of methoxy groups -OCH3 is 1. The zero-order chi connectivity index (χ0) is 13.0. The van der Waals surface area contributed by atoms with Crippen molar-refractivity contribution in [2.24, 2.45) is 0 Å². The summed E-state index contributed by atoms with van der Waals surface area (Å²) < 4.78 is 4.70. The van der Waals surface area contributed by atoms with Gasteiger partial charge < -0.3 is 15.4 Å². The van der Waals surface area contributed by atoms with Crippen molar-refractivity contribution < 1.29 is 9.53 Å². The van der Waals surface area contributed by atoms with E-state index in [0.29, 0.717) is 17.3 Å². The first-order valence-corrected chi connectivity index (χ1v) is 6.24. The van der Waals surface area contributed by atoms with Crippen LogP contribution >= 0.6 is 0 Å². The Bertz CT molecular complexity index is 428. The number of carbonyl (C=O) groups excluding carboxylic acids is 1. The summed E-state index contributed by atoms with van der Waals surface area (Å²) in [4.78, 5) is 15.8. The van der Waals surface area contributed by atoms with Crippen LogP contribution in [0, 0.1) is 6.92 Å². The Labute approximate surface area is 107 Å². The molecule has 98 valence electrons. The van der Waals surface area contributed by atoms with Crippen LogP contribution in [0.1, 0.15) is 28.9 Å². The highest BCUT2D eigenvalue weighted by atomic mass is 16.5. The Hall–Kier alpha value is -1.62. The quantitative estimate of drug-likeness (QED) is 0.791. The average molecular weight is 249 g/mol. The highest BCUT2D eigenvalue weighted by molar-refractivity contribution is 5.90. The number of hydrogen-bond acceptors (Lipinski definition) is 5. The molecule has 0 spiro atoms. The van der Waals surface area contributed by atoms with E-state index in [4.69, 9.17) is 4.74 Å². The summed E-state index contributed by atoms with van der Waals surface area (Å²) in [5, 5.41) is 6.72. The van der Waals surface area contributed by atoms with Crippen LogP contribution in [0.25, 0.3) is 0 Å². The third-order valence-corrected chi connectivity index (χ3v) is 3.18. The van der Waals surface area contributed by atoms with Crippen LogP contribution in [0.4, 0.5) is 5.82 Å². The van der Waals surface area contributed by atoms with E-state index in [1.165, 1.54) is 7.11 Å². The maximum absolute atomic E-state index is 11.4. The topological polar surface area (TPSA) is 63.2 Å². The molecule has 0 atom stereocenters. The van der Waals surface area contributed by atoms with Crippen molar-refractivity contribution in [1.29, 1.82) is 0 Å². The van der Waals surface area contributed by atoms with Crippen LogP contribution in [0.3, 0.4) is 0 Å². The molecule has 0 aliphatic carbocycles. The minimum absolute atomic E-state index is 0.339. The number of rotatable bonds is 3. The second kappa shape index (κ2) is 5.82. The second-order valence-corrected chi connectivity index (χ2v) is 4.49. The number of aromatic nitrogens is 1. The Morgan fingerprint density at radius 2 is 2.17 bits per heavy atom. The van der Waals surface area contributed by atoms with Gasteiger partial charge in [-0.1, -0.05) is 0 Å². The van der Waals surface area contributed by atoms with Crippen LogP contribution in [-0.2, 0) is 4.74 Å². The summed E-state index contributed by atoms with van der Waals surface area (Å²) >= 11 is 0. The van der Waals surface area contributed by atoms with E-state index in [-0.39, 0.29) is 5.97 Å². The molecule has 0 unspecified atom stereocenters. The van der Waals surface area contributed by atoms with E-state index < -0.39 is 0 Å². The number of piperidine rings is 1. The van der Waals surface area contributed by atoms with Gasteiger partial charge in [0.1, 0.15) is 5.82 Å². The highest BCUT2D eigenvalue weighted by Crippen LogP contribution is 2.15. The van der Waals surface area contributed by atoms with Gasteiger partial charge in [-0.15, -0.1) is 0 Å². The number of aryl methyl sites for hydroxylation is 1. The first kappa shape index (κ1) is 12.8. The molecule has 0 amide bonds. The molecule has 5 heteroatoms. The molecule has 1 saturated heterocycles. The van der Waals surface area contributed by atoms with Gasteiger partial charge in [-0.25, -0.2) is 9.78 Å². The normalized spacial score (nSPS) is 16.3. The van der Waals surface area contributed by atoms with Crippen molar-refractivity contribution in [3.63, 3.8) is 0 Å². The van der Waals surface area contributed by atoms with Gasteiger partial charge in [-0.2, -0.15) is 0 Å². The fourth-order valence-electron chi connectivity index (χ4n) is 2.14. The smallest absolute Gasteiger partial charge is 0.339 e. The highest BCUT2D eigenvalue weighted by Gasteiger charge is 2.15. The van der Waals surface area contributed by atoms with Gasteiger partial charge in [-0.3, -0.25) is 0 Å². The zero-order valence-electron chi connectivity index (χ0n) is 10.8. The predicted octanol–water partition coefficient (Wildman–Crippen LogP) is 1.34. The molecule has 1 aliphatic heterocycles. The van der Waals surface area contributed by atoms with E-state index in [0.717, 1.165) is 31.7 Å². The molecule has 0 bridgehead atoms. The SMILES string of the molecule is COC(=O)c1ccc(NC2CCNCC2)nc1C. The molecule has 1 aromatic heterocycles. The molecule has 0 saturated carbocycles. The van der Waals surface area contributed by atoms with Crippen molar-refractivity contribution >= 4 is 11.8 Å². The van der Waals surface area contributed by atoms with Crippen molar-refractivity contribution in [3.8, 4) is 0 Å². The molecule has 0 radical (unpaired) electrons. The van der Waals surface area contributed by atoms with Crippen molar-refractivity contribution in [1.82, 2.24) is 10.3 Å². The minimum Gasteiger partial charge on any atom is -0.465 e. The number of nitrogens with zero attached hydrogens (tertiary/aromatic N) is 1. The lowest BCUT2D eigenvalue weighted by atomic mass is 10.1. The number of hydrogen-bond donors (Lipinski definition) is 2. The van der Waals surface area contributed by atoms with Crippen molar-refractivity contribution in [3.05, 3.63) is 23.4 Å². The lowest BCUT2D eigenvalue weighted by Crippen LogP contribution is -2.35. The van der Waals surface area contributed by atoms with Gasteiger partial charge in [0.15, 0.2) is 0 Å². The average Bonchev–Trinajstić information content (AvgIpc) is 2.39. The van der Waals surface area contributed by atoms with Gasteiger partial charge in [0.2, 0.25) is 0 Å². The van der Waals surface area contributed by atoms with Gasteiger partial charge in [0.25, 0.3) is 0 Å². The number of esters is 1. The number of pyridine rings is 1. The molecule has 2 N–H and O–H groups in total. The maximum Gasteiger partial charge on any atom is 0.339 e. The van der Waals surface area contributed by atoms with E-state index >= 15 is 0 Å². The summed E-state index contributed by atoms with van der Waals surface area (Å²) in [5.41, 5.74) is 1.22. The van der Waals surface area contributed by atoms with Crippen molar-refractivity contribution in [2.45, 2.75) is 25.8 Å². The van der Waals surface area contributed by atoms with Gasteiger partial charge in [-0.05, 0) is 45.0 Å². The zero-order valence-corrected chi connectivity index (χ0v) is 10.8. The summed E-state index contributed by atoms with van der Waals surface area (Å²) in [7, 11) is 1.38. The number of carbonyl (C=O) groups is 1. The van der Waals surface area contributed by atoms with Gasteiger partial charge >= 0.3 is 5.97 Å². The Balaban J connectivity index is 2.06. The molecule has 1 fully saturated rings. The molecule has 18 heavy (non-hydrogen) atoms. The maximum atomic E-state index is 11.4. The Kier molecular flexibility index (Phi) is 4.15. The van der Waals surface area contributed by atoms with E-state index in [2.05, 4.69) is 15.6 Å². The molecule has 2 rings (SSSR count). The summed E-state index contributed by atoms with van der Waals surface area (Å²) in [6.07, 6.45) is 2.19. The van der Waals surface area contributed by atoms with Crippen LogP contribution in [-0.4, -0.2) is 37.2 Å². The summed E-state index contributed by atoms with van der Waals surface area (Å²) in [6, 6.07) is 4.06. The molecule has 1 aliphatic rings. The lowest BCUT2D eigenvalue weighted by Gasteiger charge is -2.24. The van der Waals surface area contributed by atoms with Crippen LogP contribution in [0.15, 0.2) is 12.1 Å². The fraction of sp³-hybridized carbons (Fsp3) is 0.538. The number of anilines is 1. The third-order valence-electron chi connectivity index (χ3n) is 3.18. The fourth-order valence-corrected chi connectivity index (χ4v) is 2.14. The molecule has 2 heterocycles. The monoisotopic (exact) mass is 249 g/mol. The molecular weight excluding hydrogens is 230 g/mol.